The minimum absolute atomic E-state index is 0.0609. The molecule has 3 heterocycles. The number of carbonyl (C=O) groups is 2. The molecule has 2 N–H and O–H groups in total. The summed E-state index contributed by atoms with van der Waals surface area (Å²) in [6, 6.07) is 21.5. The molecule has 2 amide bonds. The van der Waals surface area contributed by atoms with Gasteiger partial charge in [-0.25, -0.2) is 4.79 Å². The molecule has 10 nitrogen and oxygen atoms in total. The molecule has 1 saturated carbocycles. The number of nitrogens with zero attached hydrogens (tertiary/aromatic N) is 4. The zero-order chi connectivity index (χ0) is 31.9. The first-order valence-corrected chi connectivity index (χ1v) is 16.2. The maximum Gasteiger partial charge on any atom is 0.333 e. The monoisotopic (exact) mass is 700 g/mol. The number of carbonyl (C=O) groups excluding carboxylic acids is 2. The Hall–Kier alpha value is -4.61. The van der Waals surface area contributed by atoms with Crippen molar-refractivity contribution >= 4 is 39.3 Å². The molecular formula is C34H30BrClN6O4. The minimum Gasteiger partial charge on any atom is -0.490 e. The summed E-state index contributed by atoms with van der Waals surface area (Å²) >= 11 is 9.69. The van der Waals surface area contributed by atoms with E-state index in [9.17, 15) is 14.4 Å². The highest BCUT2D eigenvalue weighted by Crippen LogP contribution is 2.30. The topological polar surface area (TPSA) is 114 Å². The van der Waals surface area contributed by atoms with Gasteiger partial charge in [0.25, 0.3) is 11.8 Å². The lowest BCUT2D eigenvalue weighted by Gasteiger charge is -2.34. The van der Waals surface area contributed by atoms with Crippen LogP contribution in [0.2, 0.25) is 5.02 Å². The lowest BCUT2D eigenvalue weighted by Crippen LogP contribution is -2.47. The number of aromatic amines is 1. The van der Waals surface area contributed by atoms with Crippen molar-refractivity contribution in [2.45, 2.75) is 51.5 Å². The fourth-order valence-electron chi connectivity index (χ4n) is 5.80. The van der Waals surface area contributed by atoms with E-state index in [4.69, 9.17) is 16.3 Å². The zero-order valence-electron chi connectivity index (χ0n) is 24.9. The molecule has 46 heavy (non-hydrogen) atoms. The maximum absolute atomic E-state index is 14.2. The summed E-state index contributed by atoms with van der Waals surface area (Å²) in [5, 5.41) is 10.6. The van der Waals surface area contributed by atoms with Crippen LogP contribution in [0.15, 0.2) is 88.3 Å². The van der Waals surface area contributed by atoms with Gasteiger partial charge in [-0.3, -0.25) is 23.8 Å². The molecular weight excluding hydrogens is 672 g/mol. The van der Waals surface area contributed by atoms with Crippen LogP contribution < -0.4 is 15.7 Å². The van der Waals surface area contributed by atoms with Crippen molar-refractivity contribution < 1.29 is 14.3 Å². The normalized spacial score (nSPS) is 15.8. The summed E-state index contributed by atoms with van der Waals surface area (Å²) in [5.74, 6) is 0.0339. The van der Waals surface area contributed by atoms with E-state index in [2.05, 4.69) is 31.4 Å². The van der Waals surface area contributed by atoms with E-state index in [-0.39, 0.29) is 49.1 Å². The number of halogens is 2. The van der Waals surface area contributed by atoms with Crippen molar-refractivity contribution in [1.82, 2.24) is 29.5 Å². The first kappa shape index (κ1) is 30.1. The number of hydrogen-bond acceptors (Lipinski definition) is 5. The van der Waals surface area contributed by atoms with Crippen molar-refractivity contribution in [2.24, 2.45) is 0 Å². The Morgan fingerprint density at radius 3 is 2.59 bits per heavy atom. The van der Waals surface area contributed by atoms with Crippen LogP contribution in [0, 0.1) is 0 Å². The predicted octanol–water partition coefficient (Wildman–Crippen LogP) is 5.96. The van der Waals surface area contributed by atoms with Crippen LogP contribution in [-0.4, -0.2) is 48.2 Å². The molecule has 5 aromatic rings. The van der Waals surface area contributed by atoms with E-state index in [1.165, 1.54) is 4.57 Å². The number of rotatable bonds is 8. The van der Waals surface area contributed by atoms with E-state index >= 15 is 0 Å². The van der Waals surface area contributed by atoms with E-state index in [1.54, 1.807) is 46.0 Å². The van der Waals surface area contributed by atoms with Gasteiger partial charge in [-0.2, -0.15) is 5.10 Å². The molecule has 1 atom stereocenters. The zero-order valence-corrected chi connectivity index (χ0v) is 27.2. The SMILES string of the molecule is C[C@@H]1Cn2c(c(C(=O)NCc3ccccc3-c3cc[nH]n3)n(-c3ccc(OC4CC4)cc3)c2=O)CN1C(=O)c1ccc(Br)c(Cl)c1. The molecule has 2 aliphatic rings. The number of imidazole rings is 1. The highest BCUT2D eigenvalue weighted by Gasteiger charge is 2.35. The Labute approximate surface area is 278 Å². The Morgan fingerprint density at radius 1 is 1.09 bits per heavy atom. The Kier molecular flexibility index (Phi) is 8.04. The van der Waals surface area contributed by atoms with E-state index in [0.29, 0.717) is 32.2 Å². The summed E-state index contributed by atoms with van der Waals surface area (Å²) in [7, 11) is 0. The van der Waals surface area contributed by atoms with E-state index < -0.39 is 5.91 Å². The number of hydrogen-bond donors (Lipinski definition) is 2. The lowest BCUT2D eigenvalue weighted by molar-refractivity contribution is 0.0610. The first-order chi connectivity index (χ1) is 22.3. The Morgan fingerprint density at radius 2 is 1.87 bits per heavy atom. The van der Waals surface area contributed by atoms with Gasteiger partial charge in [0, 0.05) is 40.9 Å². The highest BCUT2D eigenvalue weighted by atomic mass is 79.9. The quantitative estimate of drug-likeness (QED) is 0.207. The average molecular weight is 702 g/mol. The number of nitrogens with one attached hydrogen (secondary N) is 2. The van der Waals surface area contributed by atoms with E-state index in [0.717, 1.165) is 29.7 Å². The largest absolute Gasteiger partial charge is 0.490 e. The van der Waals surface area contributed by atoms with Crippen molar-refractivity contribution in [2.75, 3.05) is 0 Å². The van der Waals surface area contributed by atoms with Crippen molar-refractivity contribution in [1.29, 1.82) is 0 Å². The summed E-state index contributed by atoms with van der Waals surface area (Å²) < 4.78 is 9.63. The molecule has 1 fully saturated rings. The summed E-state index contributed by atoms with van der Waals surface area (Å²) in [5.41, 5.74) is 3.73. The van der Waals surface area contributed by atoms with Gasteiger partial charge < -0.3 is 15.0 Å². The molecule has 1 aliphatic carbocycles. The molecule has 0 bridgehead atoms. The second kappa shape index (κ2) is 12.3. The van der Waals surface area contributed by atoms with Crippen molar-refractivity contribution in [3.05, 3.63) is 121 Å². The van der Waals surface area contributed by atoms with Crippen LogP contribution in [0.1, 0.15) is 51.9 Å². The fraction of sp³-hybridized carbons (Fsp3) is 0.235. The standard InChI is InChI=1S/C34H30BrClN6O4/c1-20-18-41-30(19-40(20)33(44)21-6-13-27(35)28(36)16-21)31(42(34(41)45)23-7-9-24(10-8-23)46-25-11-12-25)32(43)37-17-22-4-2-3-5-26(22)29-14-15-38-39-29/h2-10,13-16,20,25H,11-12,17-19H2,1H3,(H,37,43)(H,38,39)/t20-/m1/s1. The van der Waals surface area contributed by atoms with Gasteiger partial charge in [-0.1, -0.05) is 35.9 Å². The molecule has 0 radical (unpaired) electrons. The van der Waals surface area contributed by atoms with Crippen LogP contribution >= 0.6 is 27.5 Å². The van der Waals surface area contributed by atoms with Gasteiger partial charge in [0.15, 0.2) is 0 Å². The van der Waals surface area contributed by atoms with Crippen LogP contribution in [0.5, 0.6) is 5.75 Å². The highest BCUT2D eigenvalue weighted by molar-refractivity contribution is 9.10. The Bertz CT molecular complexity index is 2000. The maximum atomic E-state index is 14.2. The molecule has 2 aromatic heterocycles. The predicted molar refractivity (Wildman–Crippen MR) is 177 cm³/mol. The van der Waals surface area contributed by atoms with Crippen LogP contribution in [-0.2, 0) is 19.6 Å². The number of fused-ring (bicyclic) bond motifs is 1. The van der Waals surface area contributed by atoms with Crippen molar-refractivity contribution in [3.63, 3.8) is 0 Å². The summed E-state index contributed by atoms with van der Waals surface area (Å²) in [6.45, 7) is 2.37. The van der Waals surface area contributed by atoms with Gasteiger partial charge in [0.1, 0.15) is 11.4 Å². The third kappa shape index (κ3) is 5.76. The smallest absolute Gasteiger partial charge is 0.333 e. The first-order valence-electron chi connectivity index (χ1n) is 15.0. The lowest BCUT2D eigenvalue weighted by atomic mass is 10.0. The second-order valence-electron chi connectivity index (χ2n) is 11.5. The van der Waals surface area contributed by atoms with Gasteiger partial charge in [-0.05, 0) is 89.8 Å². The number of H-pyrrole nitrogens is 1. The van der Waals surface area contributed by atoms with Gasteiger partial charge in [-0.15, -0.1) is 0 Å². The molecule has 3 aromatic carbocycles. The third-order valence-electron chi connectivity index (χ3n) is 8.34. The number of aromatic nitrogens is 4. The molecule has 12 heteroatoms. The summed E-state index contributed by atoms with van der Waals surface area (Å²) in [6.07, 6.45) is 4.03. The number of benzene rings is 3. The van der Waals surface area contributed by atoms with Crippen molar-refractivity contribution in [3.8, 4) is 22.7 Å². The van der Waals surface area contributed by atoms with Gasteiger partial charge in [0.05, 0.1) is 34.7 Å². The molecule has 234 valence electrons. The minimum atomic E-state index is -0.436. The van der Waals surface area contributed by atoms with Crippen LogP contribution in [0.4, 0.5) is 0 Å². The molecule has 0 unspecified atom stereocenters. The summed E-state index contributed by atoms with van der Waals surface area (Å²) in [4.78, 5) is 43.6. The van der Waals surface area contributed by atoms with E-state index in [1.807, 2.05) is 49.4 Å². The third-order valence-corrected chi connectivity index (χ3v) is 9.57. The average Bonchev–Trinajstić information content (AvgIpc) is 3.61. The molecule has 1 aliphatic heterocycles. The molecule has 0 saturated heterocycles. The van der Waals surface area contributed by atoms with Crippen LogP contribution in [0.3, 0.4) is 0 Å². The molecule has 0 spiro atoms. The fourth-order valence-corrected chi connectivity index (χ4v) is 6.23. The van der Waals surface area contributed by atoms with Gasteiger partial charge in [0.2, 0.25) is 0 Å². The Balaban J connectivity index is 1.26. The molecule has 7 rings (SSSR count). The number of amides is 2. The second-order valence-corrected chi connectivity index (χ2v) is 12.8. The van der Waals surface area contributed by atoms with Gasteiger partial charge >= 0.3 is 5.69 Å². The number of ether oxygens (including phenoxy) is 1. The van der Waals surface area contributed by atoms with Crippen LogP contribution in [0.25, 0.3) is 16.9 Å².